The third-order valence-electron chi connectivity index (χ3n) is 3.82. The molecule has 0 aliphatic heterocycles. The quantitative estimate of drug-likeness (QED) is 0.362. The summed E-state index contributed by atoms with van der Waals surface area (Å²) < 4.78 is 6.16. The molecule has 2 heteroatoms. The Morgan fingerprint density at radius 2 is 1.24 bits per heavy atom. The molecule has 0 fully saturated rings. The van der Waals surface area contributed by atoms with Gasteiger partial charge in [0.05, 0.1) is 0 Å². The first kappa shape index (κ1) is 17.8. The molecule has 0 unspecified atom stereocenters. The van der Waals surface area contributed by atoms with Gasteiger partial charge in [-0.1, -0.05) is 0 Å². The van der Waals surface area contributed by atoms with Gasteiger partial charge < -0.3 is 0 Å². The fraction of sp³-hybridized carbons (Fsp3) is 0.867. The van der Waals surface area contributed by atoms with Gasteiger partial charge in [0.25, 0.3) is 0 Å². The van der Waals surface area contributed by atoms with E-state index in [0.717, 1.165) is 0 Å². The second kappa shape index (κ2) is 11.9. The molecule has 0 atom stereocenters. The van der Waals surface area contributed by atoms with Crippen LogP contribution in [0, 0.1) is 0 Å². The van der Waals surface area contributed by atoms with Crippen molar-refractivity contribution in [2.75, 3.05) is 0 Å². The number of allylic oxidation sites excluding steroid dienone is 1. The normalized spacial score (nSPS) is 12.5. The summed E-state index contributed by atoms with van der Waals surface area (Å²) in [5.41, 5.74) is 1.76. The van der Waals surface area contributed by atoms with E-state index in [1.807, 2.05) is 0 Å². The van der Waals surface area contributed by atoms with E-state index in [0.29, 0.717) is 0 Å². The summed E-state index contributed by atoms with van der Waals surface area (Å²) in [6.45, 7) is 6.98. The van der Waals surface area contributed by atoms with Crippen LogP contribution < -0.4 is 0 Å². The van der Waals surface area contributed by atoms with Gasteiger partial charge in [0.15, 0.2) is 0 Å². The summed E-state index contributed by atoms with van der Waals surface area (Å²) >= 11 is 3.90. The van der Waals surface area contributed by atoms with Crippen LogP contribution in [0.4, 0.5) is 0 Å². The standard InChI is InChI=1S/3C4H9.C3H4Cl.Sn/c3*1-3-4-2;1-2-3-4;/h3*1,3-4H2,2H3;2-3H,1H2;/b;;;3-2+;. The van der Waals surface area contributed by atoms with Gasteiger partial charge in [0.2, 0.25) is 0 Å². The second-order valence-electron chi connectivity index (χ2n) is 5.38. The molecule has 0 aromatic heterocycles. The first-order valence-corrected chi connectivity index (χ1v) is 16.0. The van der Waals surface area contributed by atoms with Crippen LogP contribution in [0.5, 0.6) is 0 Å². The minimum absolute atomic E-state index is 1.36. The molecule has 0 saturated carbocycles. The van der Waals surface area contributed by atoms with Gasteiger partial charge in [-0.2, -0.15) is 0 Å². The van der Waals surface area contributed by atoms with Crippen LogP contribution >= 0.6 is 11.6 Å². The topological polar surface area (TPSA) is 0 Å². The molecule has 0 aliphatic rings. The molecule has 0 bridgehead atoms. The van der Waals surface area contributed by atoms with Crippen LogP contribution in [0.15, 0.2) is 11.6 Å². The van der Waals surface area contributed by atoms with Gasteiger partial charge in [-0.3, -0.25) is 0 Å². The molecule has 0 aromatic carbocycles. The Bertz CT molecular complexity index is 168. The van der Waals surface area contributed by atoms with Crippen molar-refractivity contribution >= 4 is 30.0 Å². The van der Waals surface area contributed by atoms with E-state index >= 15 is 0 Å². The van der Waals surface area contributed by atoms with E-state index in [1.165, 1.54) is 43.0 Å². The fourth-order valence-electron chi connectivity index (χ4n) is 2.63. The number of hydrogen-bond donors (Lipinski definition) is 0. The summed E-state index contributed by atoms with van der Waals surface area (Å²) in [5, 5.41) is 0. The van der Waals surface area contributed by atoms with Crippen molar-refractivity contribution in [3.05, 3.63) is 11.6 Å². The van der Waals surface area contributed by atoms with Gasteiger partial charge in [-0.15, -0.1) is 0 Å². The Balaban J connectivity index is 4.50. The maximum atomic E-state index is 5.76. The number of rotatable bonds is 11. The van der Waals surface area contributed by atoms with Crippen molar-refractivity contribution in [2.45, 2.75) is 77.0 Å². The Kier molecular flexibility index (Phi) is 12.5. The van der Waals surface area contributed by atoms with Crippen molar-refractivity contribution in [1.29, 1.82) is 0 Å². The van der Waals surface area contributed by atoms with E-state index in [1.54, 1.807) is 18.8 Å². The average Bonchev–Trinajstić information content (AvgIpc) is 2.37. The van der Waals surface area contributed by atoms with Crippen LogP contribution in [0.3, 0.4) is 0 Å². The fourth-order valence-corrected chi connectivity index (χ4v) is 18.2. The van der Waals surface area contributed by atoms with Gasteiger partial charge >= 0.3 is 119 Å². The predicted molar refractivity (Wildman–Crippen MR) is 84.7 cm³/mol. The molecule has 17 heavy (non-hydrogen) atoms. The zero-order valence-corrected chi connectivity index (χ0v) is 15.7. The van der Waals surface area contributed by atoms with Crippen LogP contribution in [-0.2, 0) is 0 Å². The summed E-state index contributed by atoms with van der Waals surface area (Å²) in [6.07, 6.45) is 10.7. The van der Waals surface area contributed by atoms with E-state index in [9.17, 15) is 0 Å². The molecule has 0 aliphatic carbocycles. The molecule has 0 N–H and O–H groups in total. The van der Waals surface area contributed by atoms with Crippen molar-refractivity contribution in [3.8, 4) is 0 Å². The Morgan fingerprint density at radius 3 is 1.53 bits per heavy atom. The molecule has 0 spiro atoms. The van der Waals surface area contributed by atoms with Crippen LogP contribution in [0.2, 0.25) is 17.7 Å². The number of unbranched alkanes of at least 4 members (excludes halogenated alkanes) is 3. The zero-order valence-electron chi connectivity index (χ0n) is 12.1. The van der Waals surface area contributed by atoms with Crippen molar-refractivity contribution in [3.63, 3.8) is 0 Å². The predicted octanol–water partition coefficient (Wildman–Crippen LogP) is 6.59. The summed E-state index contributed by atoms with van der Waals surface area (Å²) in [4.78, 5) is 0. The molecule has 0 amide bonds. The van der Waals surface area contributed by atoms with Gasteiger partial charge in [-0.25, -0.2) is 0 Å². The third kappa shape index (κ3) is 8.53. The zero-order chi connectivity index (χ0) is 13.0. The molecule has 0 heterocycles. The monoisotopic (exact) mass is 366 g/mol. The van der Waals surface area contributed by atoms with E-state index in [4.69, 9.17) is 11.6 Å². The van der Waals surface area contributed by atoms with Crippen LogP contribution in [0.1, 0.15) is 59.3 Å². The summed E-state index contributed by atoms with van der Waals surface area (Å²) in [7, 11) is 0. The van der Waals surface area contributed by atoms with Gasteiger partial charge in [0, 0.05) is 0 Å². The SMILES string of the molecule is CCC[CH2][Sn]([CH2]/C=C/Cl)([CH2]CCC)[CH2]CCC. The van der Waals surface area contributed by atoms with Gasteiger partial charge in [0.1, 0.15) is 0 Å². The molecule has 0 radical (unpaired) electrons. The molecular weight excluding hydrogens is 334 g/mol. The molecule has 0 rings (SSSR count). The van der Waals surface area contributed by atoms with E-state index in [2.05, 4.69) is 26.8 Å². The molecule has 102 valence electrons. The number of hydrogen-bond acceptors (Lipinski definition) is 0. The molecule has 0 nitrogen and oxygen atoms in total. The third-order valence-corrected chi connectivity index (χ3v) is 19.3. The van der Waals surface area contributed by atoms with Crippen molar-refractivity contribution in [2.24, 2.45) is 0 Å². The minimum atomic E-state index is -1.86. The number of halogens is 1. The van der Waals surface area contributed by atoms with Crippen LogP contribution in [0.25, 0.3) is 0 Å². The van der Waals surface area contributed by atoms with Gasteiger partial charge in [-0.05, 0) is 0 Å². The summed E-state index contributed by atoms with van der Waals surface area (Å²) in [6, 6.07) is 0. The first-order chi connectivity index (χ1) is 8.24. The molecular formula is C15H31ClSn. The molecule has 0 saturated heterocycles. The van der Waals surface area contributed by atoms with Crippen molar-refractivity contribution in [1.82, 2.24) is 0 Å². The Labute approximate surface area is 118 Å². The molecule has 0 aromatic rings. The van der Waals surface area contributed by atoms with E-state index in [-0.39, 0.29) is 0 Å². The second-order valence-corrected chi connectivity index (χ2v) is 19.6. The Morgan fingerprint density at radius 1 is 0.824 bits per heavy atom. The maximum absolute atomic E-state index is 5.76. The van der Waals surface area contributed by atoms with E-state index < -0.39 is 18.4 Å². The Hall–Kier alpha value is 0.829. The van der Waals surface area contributed by atoms with Crippen LogP contribution in [-0.4, -0.2) is 18.4 Å². The average molecular weight is 366 g/mol. The van der Waals surface area contributed by atoms with Crippen molar-refractivity contribution < 1.29 is 0 Å². The first-order valence-electron chi connectivity index (χ1n) is 7.50. The summed E-state index contributed by atoms with van der Waals surface area (Å²) in [5.74, 6) is 0.